The maximum Gasteiger partial charge on any atom is 0.313 e. The predicted octanol–water partition coefficient (Wildman–Crippen LogP) is 0.146. The Hall–Kier alpha value is -2.02. The fourth-order valence-corrected chi connectivity index (χ4v) is 3.07. The third kappa shape index (κ3) is 6.73. The maximum absolute atomic E-state index is 12.0. The lowest BCUT2D eigenvalue weighted by atomic mass is 10.2. The number of benzene rings is 1. The molecule has 0 saturated carbocycles. The van der Waals surface area contributed by atoms with Crippen molar-refractivity contribution in [3.8, 4) is 12.3 Å². The van der Waals surface area contributed by atoms with Crippen LogP contribution in [0.5, 0.6) is 0 Å². The van der Waals surface area contributed by atoms with Crippen LogP contribution in [0.2, 0.25) is 0 Å². The molecule has 0 saturated heterocycles. The molecule has 0 spiro atoms. The van der Waals surface area contributed by atoms with Crippen LogP contribution in [0.25, 0.3) is 0 Å². The highest BCUT2D eigenvalue weighted by Gasteiger charge is 2.15. The maximum atomic E-state index is 12.0. The molecule has 0 aromatic heterocycles. The van der Waals surface area contributed by atoms with Crippen LogP contribution < -0.4 is 10.0 Å². The average Bonchev–Trinajstić information content (AvgIpc) is 2.52. The zero-order chi connectivity index (χ0) is 17.3. The van der Waals surface area contributed by atoms with Gasteiger partial charge in [0.1, 0.15) is 0 Å². The van der Waals surface area contributed by atoms with Crippen molar-refractivity contribution in [2.75, 3.05) is 24.6 Å². The highest BCUT2D eigenvalue weighted by atomic mass is 32.2. The summed E-state index contributed by atoms with van der Waals surface area (Å²) in [5.74, 6) is 1.22. The molecule has 0 aliphatic heterocycles. The number of aliphatic carboxylic acids is 1. The van der Waals surface area contributed by atoms with Crippen molar-refractivity contribution in [2.24, 2.45) is 0 Å². The summed E-state index contributed by atoms with van der Waals surface area (Å²) in [5, 5.41) is 11.1. The summed E-state index contributed by atoms with van der Waals surface area (Å²) in [6.07, 6.45) is 5.01. The fourth-order valence-electron chi connectivity index (χ4n) is 1.52. The Morgan fingerprint density at radius 1 is 1.35 bits per heavy atom. The lowest BCUT2D eigenvalue weighted by Crippen LogP contribution is -2.27. The van der Waals surface area contributed by atoms with E-state index in [9.17, 15) is 18.0 Å². The van der Waals surface area contributed by atoms with Crippen LogP contribution in [0.3, 0.4) is 0 Å². The first-order valence-electron chi connectivity index (χ1n) is 6.48. The second-order valence-corrected chi connectivity index (χ2v) is 7.13. The van der Waals surface area contributed by atoms with Crippen LogP contribution in [0, 0.1) is 12.3 Å². The van der Waals surface area contributed by atoms with E-state index < -0.39 is 21.9 Å². The molecule has 3 N–H and O–H groups in total. The molecule has 0 radical (unpaired) electrons. The van der Waals surface area contributed by atoms with E-state index >= 15 is 0 Å². The number of sulfonamides is 1. The predicted molar refractivity (Wildman–Crippen MR) is 87.8 cm³/mol. The van der Waals surface area contributed by atoms with Gasteiger partial charge in [0.25, 0.3) is 5.91 Å². The minimum atomic E-state index is -3.76. The second-order valence-electron chi connectivity index (χ2n) is 4.26. The average molecular weight is 356 g/mol. The Kier molecular flexibility index (Phi) is 7.61. The Balaban J connectivity index is 2.64. The molecule has 0 bridgehead atoms. The number of carbonyl (C=O) groups is 2. The summed E-state index contributed by atoms with van der Waals surface area (Å²) in [7, 11) is -3.76. The molecule has 0 fully saturated rings. The van der Waals surface area contributed by atoms with E-state index in [0.717, 1.165) is 0 Å². The van der Waals surface area contributed by atoms with Gasteiger partial charge < -0.3 is 10.4 Å². The van der Waals surface area contributed by atoms with Gasteiger partial charge in [-0.2, -0.15) is 4.72 Å². The Morgan fingerprint density at radius 3 is 2.74 bits per heavy atom. The number of terminal acetylenes is 1. The van der Waals surface area contributed by atoms with Crippen LogP contribution in [0.4, 0.5) is 0 Å². The van der Waals surface area contributed by atoms with Crippen molar-refractivity contribution in [3.05, 3.63) is 29.8 Å². The number of carboxylic acids is 1. The van der Waals surface area contributed by atoms with Crippen LogP contribution in [-0.4, -0.2) is 50.0 Å². The highest BCUT2D eigenvalue weighted by Crippen LogP contribution is 2.11. The Morgan fingerprint density at radius 2 is 2.09 bits per heavy atom. The van der Waals surface area contributed by atoms with Gasteiger partial charge in [0.2, 0.25) is 10.0 Å². The van der Waals surface area contributed by atoms with Crippen LogP contribution in [0.15, 0.2) is 29.2 Å². The van der Waals surface area contributed by atoms with Crippen molar-refractivity contribution in [1.29, 1.82) is 0 Å². The monoisotopic (exact) mass is 356 g/mol. The molecule has 124 valence electrons. The number of amides is 1. The summed E-state index contributed by atoms with van der Waals surface area (Å²) in [6, 6.07) is 5.55. The first kappa shape index (κ1) is 19.0. The fraction of sp³-hybridized carbons (Fsp3) is 0.286. The van der Waals surface area contributed by atoms with E-state index in [0.29, 0.717) is 5.75 Å². The van der Waals surface area contributed by atoms with Crippen LogP contribution in [-0.2, 0) is 14.8 Å². The summed E-state index contributed by atoms with van der Waals surface area (Å²) in [4.78, 5) is 22.2. The van der Waals surface area contributed by atoms with Gasteiger partial charge in [0.15, 0.2) is 0 Å². The summed E-state index contributed by atoms with van der Waals surface area (Å²) in [5.41, 5.74) is 0.191. The molecule has 0 aliphatic carbocycles. The van der Waals surface area contributed by atoms with E-state index in [1.807, 2.05) is 0 Å². The van der Waals surface area contributed by atoms with Crippen molar-refractivity contribution in [1.82, 2.24) is 10.0 Å². The third-order valence-corrected chi connectivity index (χ3v) is 4.87. The first-order valence-corrected chi connectivity index (χ1v) is 9.11. The number of carbonyl (C=O) groups excluding carboxylic acids is 1. The third-order valence-electron chi connectivity index (χ3n) is 2.53. The number of nitrogens with one attached hydrogen (secondary N) is 2. The van der Waals surface area contributed by atoms with E-state index in [1.54, 1.807) is 0 Å². The van der Waals surface area contributed by atoms with Gasteiger partial charge in [-0.1, -0.05) is 12.0 Å². The quantitative estimate of drug-likeness (QED) is 0.429. The van der Waals surface area contributed by atoms with Gasteiger partial charge in [0, 0.05) is 17.9 Å². The van der Waals surface area contributed by atoms with Gasteiger partial charge in [-0.15, -0.1) is 18.2 Å². The van der Waals surface area contributed by atoms with E-state index in [1.165, 1.54) is 36.0 Å². The number of carboxylic acid groups (broad SMARTS) is 1. The molecular formula is C14H16N2O5S2. The molecule has 1 aromatic rings. The van der Waals surface area contributed by atoms with Crippen LogP contribution in [0.1, 0.15) is 10.4 Å². The van der Waals surface area contributed by atoms with Crippen molar-refractivity contribution in [3.63, 3.8) is 0 Å². The molecular weight excluding hydrogens is 340 g/mol. The van der Waals surface area contributed by atoms with Gasteiger partial charge >= 0.3 is 5.97 Å². The standard InChI is InChI=1S/C14H16N2O5S2/c1-2-6-16-23(20,21)12-5-3-4-11(9-12)14(19)15-7-8-22-10-13(17)18/h1,3-5,9,16H,6-8,10H2,(H,15,19)(H,17,18). The highest BCUT2D eigenvalue weighted by molar-refractivity contribution is 7.99. The van der Waals surface area contributed by atoms with Gasteiger partial charge in [0.05, 0.1) is 17.2 Å². The second kappa shape index (κ2) is 9.19. The topological polar surface area (TPSA) is 113 Å². The van der Waals surface area contributed by atoms with Crippen molar-refractivity contribution in [2.45, 2.75) is 4.90 Å². The Bertz CT molecular complexity index is 710. The van der Waals surface area contributed by atoms with Gasteiger partial charge in [-0.25, -0.2) is 8.42 Å². The summed E-state index contributed by atoms with van der Waals surface area (Å²) in [6.45, 7) is 0.142. The van der Waals surface area contributed by atoms with E-state index in [-0.39, 0.29) is 29.3 Å². The number of hydrogen-bond donors (Lipinski definition) is 3. The number of thioether (sulfide) groups is 1. The molecule has 1 amide bonds. The zero-order valence-corrected chi connectivity index (χ0v) is 13.7. The molecule has 1 aromatic carbocycles. The zero-order valence-electron chi connectivity index (χ0n) is 12.1. The van der Waals surface area contributed by atoms with Crippen molar-refractivity contribution >= 4 is 33.7 Å². The Labute approximate surface area is 138 Å². The molecule has 7 nitrogen and oxygen atoms in total. The van der Waals surface area contributed by atoms with Crippen molar-refractivity contribution < 1.29 is 23.1 Å². The molecule has 1 rings (SSSR count). The van der Waals surface area contributed by atoms with Gasteiger partial charge in [-0.05, 0) is 18.2 Å². The lowest BCUT2D eigenvalue weighted by molar-refractivity contribution is -0.133. The number of rotatable bonds is 9. The lowest BCUT2D eigenvalue weighted by Gasteiger charge is -2.07. The van der Waals surface area contributed by atoms with E-state index in [4.69, 9.17) is 11.5 Å². The summed E-state index contributed by atoms with van der Waals surface area (Å²) < 4.78 is 26.1. The molecule has 0 aliphatic rings. The molecule has 9 heteroatoms. The molecule has 0 atom stereocenters. The minimum absolute atomic E-state index is 0.0373. The minimum Gasteiger partial charge on any atom is -0.481 e. The molecule has 23 heavy (non-hydrogen) atoms. The molecule has 0 unspecified atom stereocenters. The SMILES string of the molecule is C#CCNS(=O)(=O)c1cccc(C(=O)NCCSCC(=O)O)c1. The summed E-state index contributed by atoms with van der Waals surface area (Å²) >= 11 is 1.18. The van der Waals surface area contributed by atoms with Gasteiger partial charge in [-0.3, -0.25) is 9.59 Å². The van der Waals surface area contributed by atoms with E-state index in [2.05, 4.69) is 16.0 Å². The normalized spacial score (nSPS) is 10.7. The van der Waals surface area contributed by atoms with Crippen LogP contribution >= 0.6 is 11.8 Å². The smallest absolute Gasteiger partial charge is 0.313 e. The largest absolute Gasteiger partial charge is 0.481 e. The first-order chi connectivity index (χ1) is 10.9. The molecule has 0 heterocycles. The number of hydrogen-bond acceptors (Lipinski definition) is 5.